The Morgan fingerprint density at radius 2 is 1.67 bits per heavy atom. The average Bonchev–Trinajstić information content (AvgIpc) is 2.79. The van der Waals surface area contributed by atoms with Crippen molar-refractivity contribution in [2.75, 3.05) is 12.4 Å². The number of carboxylic acid groups (broad SMARTS) is 1. The van der Waals surface area contributed by atoms with Crippen LogP contribution in [0.25, 0.3) is 0 Å². The summed E-state index contributed by atoms with van der Waals surface area (Å²) in [5.41, 5.74) is 2.61. The van der Waals surface area contributed by atoms with E-state index in [1.807, 2.05) is 0 Å². The van der Waals surface area contributed by atoms with Crippen LogP contribution in [0.5, 0.6) is 5.75 Å². The van der Waals surface area contributed by atoms with Crippen molar-refractivity contribution >= 4 is 35.1 Å². The zero-order chi connectivity index (χ0) is 24.0. The SMILES string of the molecule is COc1ccccc1C(=O)NC(Cc1ccc(NC(=O)c2c(C)cccc2Cl)cc1)C(=O)O. The Balaban J connectivity index is 1.68. The van der Waals surface area contributed by atoms with Gasteiger partial charge in [0.05, 0.1) is 23.3 Å². The number of methoxy groups -OCH3 is 1. The van der Waals surface area contributed by atoms with E-state index in [2.05, 4.69) is 10.6 Å². The largest absolute Gasteiger partial charge is 0.496 e. The molecule has 0 aliphatic carbocycles. The Kier molecular flexibility index (Phi) is 7.69. The maximum absolute atomic E-state index is 12.6. The first-order chi connectivity index (χ1) is 15.8. The predicted octanol–water partition coefficient (Wildman–Crippen LogP) is 4.34. The molecule has 0 saturated carbocycles. The summed E-state index contributed by atoms with van der Waals surface area (Å²) in [7, 11) is 1.44. The van der Waals surface area contributed by atoms with Gasteiger partial charge in [0.1, 0.15) is 11.8 Å². The third kappa shape index (κ3) is 5.90. The number of carbonyl (C=O) groups excluding carboxylic acids is 2. The van der Waals surface area contributed by atoms with Crippen LogP contribution in [0.4, 0.5) is 5.69 Å². The number of aryl methyl sites for hydroxylation is 1. The van der Waals surface area contributed by atoms with Gasteiger partial charge in [-0.2, -0.15) is 0 Å². The van der Waals surface area contributed by atoms with Crippen molar-refractivity contribution in [3.8, 4) is 5.75 Å². The number of aliphatic carboxylic acids is 1. The van der Waals surface area contributed by atoms with Gasteiger partial charge in [0, 0.05) is 12.1 Å². The zero-order valence-corrected chi connectivity index (χ0v) is 18.8. The highest BCUT2D eigenvalue weighted by molar-refractivity contribution is 6.34. The maximum Gasteiger partial charge on any atom is 0.326 e. The summed E-state index contributed by atoms with van der Waals surface area (Å²) in [5, 5.41) is 15.3. The first-order valence-corrected chi connectivity index (χ1v) is 10.5. The van der Waals surface area contributed by atoms with Crippen molar-refractivity contribution in [3.63, 3.8) is 0 Å². The topological polar surface area (TPSA) is 105 Å². The third-order valence-corrected chi connectivity index (χ3v) is 5.37. The van der Waals surface area contributed by atoms with Crippen LogP contribution >= 0.6 is 11.6 Å². The number of benzene rings is 3. The number of halogens is 1. The number of para-hydroxylation sites is 1. The van der Waals surface area contributed by atoms with Crippen LogP contribution in [0.1, 0.15) is 31.8 Å². The van der Waals surface area contributed by atoms with Crippen LogP contribution in [-0.4, -0.2) is 36.0 Å². The van der Waals surface area contributed by atoms with E-state index < -0.39 is 17.9 Å². The van der Waals surface area contributed by atoms with Crippen molar-refractivity contribution in [1.82, 2.24) is 5.32 Å². The lowest BCUT2D eigenvalue weighted by Gasteiger charge is -2.16. The summed E-state index contributed by atoms with van der Waals surface area (Å²) >= 11 is 6.15. The van der Waals surface area contributed by atoms with Crippen LogP contribution in [0.2, 0.25) is 5.02 Å². The van der Waals surface area contributed by atoms with Crippen molar-refractivity contribution in [2.24, 2.45) is 0 Å². The van der Waals surface area contributed by atoms with Gasteiger partial charge in [-0.15, -0.1) is 0 Å². The van der Waals surface area contributed by atoms with Crippen molar-refractivity contribution in [1.29, 1.82) is 0 Å². The Hall–Kier alpha value is -3.84. The van der Waals surface area contributed by atoms with Crippen LogP contribution in [0.3, 0.4) is 0 Å². The van der Waals surface area contributed by atoms with Gasteiger partial charge in [0.15, 0.2) is 0 Å². The summed E-state index contributed by atoms with van der Waals surface area (Å²) in [6.07, 6.45) is 0.0636. The minimum absolute atomic E-state index is 0.0636. The molecule has 1 unspecified atom stereocenters. The van der Waals surface area contributed by atoms with Crippen LogP contribution in [-0.2, 0) is 11.2 Å². The van der Waals surface area contributed by atoms with E-state index in [0.29, 0.717) is 27.6 Å². The number of carboxylic acids is 1. The van der Waals surface area contributed by atoms with Crippen molar-refractivity contribution in [3.05, 3.63) is 94.0 Å². The average molecular weight is 467 g/mol. The molecule has 170 valence electrons. The quantitative estimate of drug-likeness (QED) is 0.458. The summed E-state index contributed by atoms with van der Waals surface area (Å²) in [6, 6.07) is 17.4. The lowest BCUT2D eigenvalue weighted by Crippen LogP contribution is -2.42. The molecule has 0 heterocycles. The number of hydrogen-bond donors (Lipinski definition) is 3. The van der Waals surface area contributed by atoms with E-state index in [4.69, 9.17) is 16.3 Å². The molecule has 3 rings (SSSR count). The maximum atomic E-state index is 12.6. The van der Waals surface area contributed by atoms with Crippen LogP contribution < -0.4 is 15.4 Å². The molecule has 0 bridgehead atoms. The molecular formula is C25H23ClN2O5. The minimum Gasteiger partial charge on any atom is -0.496 e. The predicted molar refractivity (Wildman–Crippen MR) is 126 cm³/mol. The van der Waals surface area contributed by atoms with E-state index in [9.17, 15) is 19.5 Å². The van der Waals surface area contributed by atoms with Gasteiger partial charge < -0.3 is 20.5 Å². The number of hydrogen-bond acceptors (Lipinski definition) is 4. The molecule has 0 spiro atoms. The Morgan fingerprint density at radius 3 is 2.30 bits per heavy atom. The van der Waals surface area contributed by atoms with E-state index in [-0.39, 0.29) is 17.9 Å². The second kappa shape index (κ2) is 10.7. The molecule has 0 aliphatic heterocycles. The molecule has 3 aromatic rings. The van der Waals surface area contributed by atoms with Gasteiger partial charge in [-0.1, -0.05) is 48.0 Å². The van der Waals surface area contributed by atoms with E-state index in [0.717, 1.165) is 5.56 Å². The fraction of sp³-hybridized carbons (Fsp3) is 0.160. The number of carbonyl (C=O) groups is 3. The molecule has 3 aromatic carbocycles. The minimum atomic E-state index is -1.16. The van der Waals surface area contributed by atoms with Gasteiger partial charge in [0.25, 0.3) is 11.8 Å². The molecular weight excluding hydrogens is 444 g/mol. The molecule has 0 fully saturated rings. The fourth-order valence-corrected chi connectivity index (χ4v) is 3.65. The molecule has 8 heteroatoms. The van der Waals surface area contributed by atoms with Gasteiger partial charge in [0.2, 0.25) is 0 Å². The highest BCUT2D eigenvalue weighted by Gasteiger charge is 2.23. The number of nitrogens with one attached hydrogen (secondary N) is 2. The Labute approximate surface area is 196 Å². The van der Waals surface area contributed by atoms with Gasteiger partial charge in [-0.3, -0.25) is 9.59 Å². The number of anilines is 1. The first kappa shape index (κ1) is 23.8. The molecule has 1 atom stereocenters. The van der Waals surface area contributed by atoms with Gasteiger partial charge in [-0.05, 0) is 48.4 Å². The second-order valence-electron chi connectivity index (χ2n) is 7.35. The summed E-state index contributed by atoms with van der Waals surface area (Å²) in [5.74, 6) is -1.69. The Bertz CT molecular complexity index is 1160. The zero-order valence-electron chi connectivity index (χ0n) is 18.1. The lowest BCUT2D eigenvalue weighted by molar-refractivity contribution is -0.139. The highest BCUT2D eigenvalue weighted by Crippen LogP contribution is 2.22. The van der Waals surface area contributed by atoms with Gasteiger partial charge in [-0.25, -0.2) is 4.79 Å². The number of rotatable bonds is 8. The summed E-state index contributed by atoms with van der Waals surface area (Å²) in [6.45, 7) is 1.80. The lowest BCUT2D eigenvalue weighted by atomic mass is 10.0. The molecule has 7 nitrogen and oxygen atoms in total. The number of ether oxygens (including phenoxy) is 1. The molecule has 0 aliphatic rings. The monoisotopic (exact) mass is 466 g/mol. The second-order valence-corrected chi connectivity index (χ2v) is 7.76. The molecule has 33 heavy (non-hydrogen) atoms. The normalized spacial score (nSPS) is 11.4. The smallest absolute Gasteiger partial charge is 0.326 e. The first-order valence-electron chi connectivity index (χ1n) is 10.1. The van der Waals surface area contributed by atoms with Crippen molar-refractivity contribution < 1.29 is 24.2 Å². The highest BCUT2D eigenvalue weighted by atomic mass is 35.5. The van der Waals surface area contributed by atoms with E-state index >= 15 is 0 Å². The molecule has 0 aromatic heterocycles. The van der Waals surface area contributed by atoms with Crippen molar-refractivity contribution in [2.45, 2.75) is 19.4 Å². The standard InChI is InChI=1S/C25H23ClN2O5/c1-15-6-5-8-19(26)22(15)24(30)27-17-12-10-16(11-13-17)14-20(25(31)32)28-23(29)18-7-3-4-9-21(18)33-2/h3-13,20H,14H2,1-2H3,(H,27,30)(H,28,29)(H,31,32). The van der Waals surface area contributed by atoms with Gasteiger partial charge >= 0.3 is 5.97 Å². The van der Waals surface area contributed by atoms with E-state index in [1.54, 1.807) is 73.7 Å². The molecule has 0 radical (unpaired) electrons. The third-order valence-electron chi connectivity index (χ3n) is 5.06. The van der Waals surface area contributed by atoms with E-state index in [1.165, 1.54) is 7.11 Å². The van der Waals surface area contributed by atoms with Crippen LogP contribution in [0.15, 0.2) is 66.7 Å². The Morgan fingerprint density at radius 1 is 0.970 bits per heavy atom. The molecule has 2 amide bonds. The molecule has 0 saturated heterocycles. The fourth-order valence-electron chi connectivity index (χ4n) is 3.34. The molecule has 3 N–H and O–H groups in total. The van der Waals surface area contributed by atoms with Crippen LogP contribution in [0, 0.1) is 6.92 Å². The summed E-state index contributed by atoms with van der Waals surface area (Å²) in [4.78, 5) is 36.9. The number of amides is 2. The summed E-state index contributed by atoms with van der Waals surface area (Å²) < 4.78 is 5.17.